The van der Waals surface area contributed by atoms with E-state index in [4.69, 9.17) is 5.11 Å². The van der Waals surface area contributed by atoms with Crippen LogP contribution in [0.4, 0.5) is 0 Å². The van der Waals surface area contributed by atoms with E-state index in [9.17, 15) is 0 Å². The minimum Gasteiger partial charge on any atom is -0.388 e. The molecule has 1 aromatic heterocycles. The van der Waals surface area contributed by atoms with Gasteiger partial charge in [-0.3, -0.25) is 0 Å². The smallest absolute Gasteiger partial charge is 0.125 e. The lowest BCUT2D eigenvalue weighted by Crippen LogP contribution is -2.95. The predicted octanol–water partition coefficient (Wildman–Crippen LogP) is -1.24. The molecule has 0 unspecified atom stereocenters. The zero-order valence-corrected chi connectivity index (χ0v) is 9.46. The average molecular weight is 216 g/mol. The summed E-state index contributed by atoms with van der Waals surface area (Å²) < 4.78 is 0. The Balaban J connectivity index is 1.90. The van der Waals surface area contributed by atoms with Gasteiger partial charge in [0.15, 0.2) is 0 Å². The van der Waals surface area contributed by atoms with Gasteiger partial charge in [0.05, 0.1) is 6.10 Å². The third kappa shape index (κ3) is 5.34. The molecule has 0 aliphatic rings. The molecular formula is C10H20N2OS+2. The van der Waals surface area contributed by atoms with Gasteiger partial charge in [0.1, 0.15) is 26.2 Å². The van der Waals surface area contributed by atoms with E-state index in [1.807, 2.05) is 6.92 Å². The Morgan fingerprint density at radius 3 is 2.86 bits per heavy atom. The van der Waals surface area contributed by atoms with Gasteiger partial charge in [-0.05, 0) is 23.8 Å². The Kier molecular flexibility index (Phi) is 5.78. The van der Waals surface area contributed by atoms with Crippen molar-refractivity contribution < 1.29 is 15.7 Å². The van der Waals surface area contributed by atoms with E-state index < -0.39 is 0 Å². The topological polar surface area (TPSA) is 53.5 Å². The van der Waals surface area contributed by atoms with Crippen LogP contribution < -0.4 is 10.6 Å². The van der Waals surface area contributed by atoms with Crippen molar-refractivity contribution in [1.82, 2.24) is 0 Å². The fraction of sp³-hybridized carbons (Fsp3) is 0.600. The van der Waals surface area contributed by atoms with Gasteiger partial charge in [-0.15, -0.1) is 0 Å². The molecule has 0 fully saturated rings. The van der Waals surface area contributed by atoms with Crippen LogP contribution in [0.5, 0.6) is 0 Å². The van der Waals surface area contributed by atoms with Crippen molar-refractivity contribution in [1.29, 1.82) is 0 Å². The van der Waals surface area contributed by atoms with E-state index >= 15 is 0 Å². The molecule has 0 spiro atoms. The quantitative estimate of drug-likeness (QED) is 0.491. The number of aliphatic hydroxyl groups is 1. The largest absolute Gasteiger partial charge is 0.388 e. The van der Waals surface area contributed by atoms with E-state index in [0.717, 1.165) is 26.2 Å². The van der Waals surface area contributed by atoms with Crippen molar-refractivity contribution in [2.24, 2.45) is 0 Å². The van der Waals surface area contributed by atoms with Crippen LogP contribution in [-0.2, 0) is 6.54 Å². The summed E-state index contributed by atoms with van der Waals surface area (Å²) in [5, 5.41) is 17.8. The number of quaternary nitrogens is 2. The second-order valence-electron chi connectivity index (χ2n) is 3.58. The van der Waals surface area contributed by atoms with Crippen LogP contribution in [0.2, 0.25) is 0 Å². The number of rotatable bonds is 7. The number of nitrogens with two attached hydrogens (primary N) is 2. The third-order valence-corrected chi connectivity index (χ3v) is 2.77. The molecule has 1 atom stereocenters. The second kappa shape index (κ2) is 6.95. The van der Waals surface area contributed by atoms with Gasteiger partial charge in [-0.1, -0.05) is 0 Å². The first-order valence-electron chi connectivity index (χ1n) is 5.11. The van der Waals surface area contributed by atoms with Crippen LogP contribution in [0.3, 0.4) is 0 Å². The molecule has 0 aliphatic heterocycles. The van der Waals surface area contributed by atoms with Crippen molar-refractivity contribution in [2.45, 2.75) is 19.6 Å². The van der Waals surface area contributed by atoms with Crippen molar-refractivity contribution in [3.05, 3.63) is 22.4 Å². The molecule has 0 amide bonds. The highest BCUT2D eigenvalue weighted by Gasteiger charge is 1.99. The molecular weight excluding hydrogens is 196 g/mol. The maximum absolute atomic E-state index is 9.02. The molecule has 1 rings (SSSR count). The summed E-state index contributed by atoms with van der Waals surface area (Å²) in [5.74, 6) is 0. The first kappa shape index (κ1) is 11.7. The summed E-state index contributed by atoms with van der Waals surface area (Å²) in [5.41, 5.74) is 1.41. The number of thiophene rings is 1. The van der Waals surface area contributed by atoms with Crippen LogP contribution in [0.15, 0.2) is 16.8 Å². The van der Waals surface area contributed by atoms with Crippen molar-refractivity contribution in [3.63, 3.8) is 0 Å². The van der Waals surface area contributed by atoms with Gasteiger partial charge in [0.25, 0.3) is 0 Å². The number of aliphatic hydroxyl groups excluding tert-OH is 1. The molecule has 1 aromatic rings. The third-order valence-electron chi connectivity index (χ3n) is 2.04. The van der Waals surface area contributed by atoms with Gasteiger partial charge < -0.3 is 15.7 Å². The lowest BCUT2D eigenvalue weighted by atomic mass is 10.3. The predicted molar refractivity (Wildman–Crippen MR) is 58.2 cm³/mol. The zero-order valence-electron chi connectivity index (χ0n) is 8.65. The van der Waals surface area contributed by atoms with Crippen LogP contribution in [-0.4, -0.2) is 30.8 Å². The molecule has 0 radical (unpaired) electrons. The van der Waals surface area contributed by atoms with E-state index in [-0.39, 0.29) is 6.10 Å². The van der Waals surface area contributed by atoms with E-state index in [0.29, 0.717) is 0 Å². The summed E-state index contributed by atoms with van der Waals surface area (Å²) in [6, 6.07) is 2.17. The van der Waals surface area contributed by atoms with Crippen molar-refractivity contribution >= 4 is 11.3 Å². The Labute approximate surface area is 89.2 Å². The second-order valence-corrected chi connectivity index (χ2v) is 4.36. The van der Waals surface area contributed by atoms with Crippen LogP contribution >= 0.6 is 11.3 Å². The summed E-state index contributed by atoms with van der Waals surface area (Å²) in [7, 11) is 0. The van der Waals surface area contributed by atoms with Crippen LogP contribution in [0.25, 0.3) is 0 Å². The Bertz CT molecular complexity index is 224. The fourth-order valence-electron chi connectivity index (χ4n) is 1.27. The first-order valence-corrected chi connectivity index (χ1v) is 6.06. The Morgan fingerprint density at radius 2 is 2.21 bits per heavy atom. The van der Waals surface area contributed by atoms with Crippen LogP contribution in [0, 0.1) is 0 Å². The molecule has 4 heteroatoms. The summed E-state index contributed by atoms with van der Waals surface area (Å²) in [6.07, 6.45) is -0.188. The maximum atomic E-state index is 9.02. The standard InChI is InChI=1S/C10H18N2OS/c1-9(13)6-11-3-4-12-7-10-2-5-14-8-10/h2,5,8-9,11-13H,3-4,6-7H2,1H3/p+2/t9-/m0/s1. The Hall–Kier alpha value is -0.420. The number of hydrogen-bond acceptors (Lipinski definition) is 2. The summed E-state index contributed by atoms with van der Waals surface area (Å²) in [4.78, 5) is 0. The number of hydrogen-bond donors (Lipinski definition) is 3. The van der Waals surface area contributed by atoms with Crippen LogP contribution in [0.1, 0.15) is 12.5 Å². The average Bonchev–Trinajstić information content (AvgIpc) is 2.63. The van der Waals surface area contributed by atoms with Gasteiger partial charge in [0, 0.05) is 5.56 Å². The first-order chi connectivity index (χ1) is 6.79. The monoisotopic (exact) mass is 216 g/mol. The van der Waals surface area contributed by atoms with E-state index in [1.54, 1.807) is 11.3 Å². The van der Waals surface area contributed by atoms with Crippen molar-refractivity contribution in [3.8, 4) is 0 Å². The molecule has 80 valence electrons. The van der Waals surface area contributed by atoms with E-state index in [1.165, 1.54) is 5.56 Å². The maximum Gasteiger partial charge on any atom is 0.125 e. The zero-order chi connectivity index (χ0) is 10.2. The Morgan fingerprint density at radius 1 is 1.43 bits per heavy atom. The minimum atomic E-state index is -0.188. The molecule has 0 saturated heterocycles. The molecule has 5 N–H and O–H groups in total. The summed E-state index contributed by atoms with van der Waals surface area (Å²) in [6.45, 7) is 5.90. The molecule has 0 saturated carbocycles. The fourth-order valence-corrected chi connectivity index (χ4v) is 1.95. The lowest BCUT2D eigenvalue weighted by molar-refractivity contribution is -0.733. The molecule has 14 heavy (non-hydrogen) atoms. The highest BCUT2D eigenvalue weighted by Crippen LogP contribution is 2.02. The molecule has 3 nitrogen and oxygen atoms in total. The molecule has 1 heterocycles. The van der Waals surface area contributed by atoms with Crippen molar-refractivity contribution in [2.75, 3.05) is 19.6 Å². The highest BCUT2D eigenvalue weighted by molar-refractivity contribution is 7.07. The SMILES string of the molecule is C[C@H](O)C[NH2+]CC[NH2+]Cc1ccsc1. The van der Waals surface area contributed by atoms with E-state index in [2.05, 4.69) is 27.5 Å². The normalized spacial score (nSPS) is 13.0. The molecule has 0 aromatic carbocycles. The highest BCUT2D eigenvalue weighted by atomic mass is 32.1. The lowest BCUT2D eigenvalue weighted by Gasteiger charge is -2.02. The van der Waals surface area contributed by atoms with Gasteiger partial charge in [-0.25, -0.2) is 0 Å². The van der Waals surface area contributed by atoms with Gasteiger partial charge in [-0.2, -0.15) is 11.3 Å². The van der Waals surface area contributed by atoms with Gasteiger partial charge in [0.2, 0.25) is 0 Å². The summed E-state index contributed by atoms with van der Waals surface area (Å²) >= 11 is 1.75. The van der Waals surface area contributed by atoms with Gasteiger partial charge >= 0.3 is 0 Å². The molecule has 0 aliphatic carbocycles. The molecule has 0 bridgehead atoms. The minimum absolute atomic E-state index is 0.188.